The van der Waals surface area contributed by atoms with E-state index < -0.39 is 0 Å². The number of anilines is 1. The van der Waals surface area contributed by atoms with Crippen molar-refractivity contribution in [3.63, 3.8) is 0 Å². The molecule has 0 radical (unpaired) electrons. The van der Waals surface area contributed by atoms with E-state index in [1.165, 1.54) is 18.6 Å². The molecule has 1 aromatic carbocycles. The van der Waals surface area contributed by atoms with E-state index >= 15 is 0 Å². The van der Waals surface area contributed by atoms with Gasteiger partial charge in [-0.15, -0.1) is 5.10 Å². The number of tetrazole rings is 1. The second-order valence-electron chi connectivity index (χ2n) is 5.12. The van der Waals surface area contributed by atoms with Crippen LogP contribution >= 0.6 is 0 Å². The van der Waals surface area contributed by atoms with E-state index in [0.29, 0.717) is 17.1 Å². The normalized spacial score (nSPS) is 17.2. The van der Waals surface area contributed by atoms with E-state index in [2.05, 4.69) is 22.4 Å². The second-order valence-corrected chi connectivity index (χ2v) is 5.12. The third-order valence-corrected chi connectivity index (χ3v) is 4.04. The smallest absolute Gasteiger partial charge is 0.182 e. The van der Waals surface area contributed by atoms with Gasteiger partial charge >= 0.3 is 0 Å². The topological polar surface area (TPSA) is 69.6 Å². The van der Waals surface area contributed by atoms with E-state index in [1.54, 1.807) is 6.07 Å². The lowest BCUT2D eigenvalue weighted by Gasteiger charge is -2.41. The Morgan fingerprint density at radius 3 is 2.74 bits per heavy atom. The van der Waals surface area contributed by atoms with Crippen LogP contribution in [0.25, 0.3) is 11.4 Å². The summed E-state index contributed by atoms with van der Waals surface area (Å²) < 4.78 is 15.3. The van der Waals surface area contributed by atoms with E-state index in [1.807, 2.05) is 4.68 Å². The fourth-order valence-electron chi connectivity index (χ4n) is 2.73. The monoisotopic (exact) mass is 261 g/mol. The fourth-order valence-corrected chi connectivity index (χ4v) is 2.73. The molecule has 5 nitrogen and oxygen atoms in total. The van der Waals surface area contributed by atoms with Crippen molar-refractivity contribution in [3.8, 4) is 11.4 Å². The standard InChI is InChI=1S/C13H16FN5/c1-2-13(4-3-5-13)19-12(16-17-18-19)9-6-10(14)8-11(15)7-9/h6-8H,2-5,15H2,1H3. The number of nitrogens with two attached hydrogens (primary N) is 1. The summed E-state index contributed by atoms with van der Waals surface area (Å²) in [7, 11) is 0. The summed E-state index contributed by atoms with van der Waals surface area (Å²) in [6.45, 7) is 2.13. The molecule has 0 unspecified atom stereocenters. The van der Waals surface area contributed by atoms with Crippen LogP contribution in [-0.4, -0.2) is 20.2 Å². The molecule has 0 aliphatic heterocycles. The van der Waals surface area contributed by atoms with Gasteiger partial charge in [0.2, 0.25) is 0 Å². The minimum Gasteiger partial charge on any atom is -0.399 e. The van der Waals surface area contributed by atoms with Crippen LogP contribution < -0.4 is 5.73 Å². The van der Waals surface area contributed by atoms with Crippen LogP contribution in [0.1, 0.15) is 32.6 Å². The van der Waals surface area contributed by atoms with Gasteiger partial charge in [-0.25, -0.2) is 9.07 Å². The summed E-state index contributed by atoms with van der Waals surface area (Å²) in [5.41, 5.74) is 6.68. The third-order valence-electron chi connectivity index (χ3n) is 4.04. The van der Waals surface area contributed by atoms with Gasteiger partial charge in [0, 0.05) is 11.3 Å². The van der Waals surface area contributed by atoms with Crippen molar-refractivity contribution in [2.45, 2.75) is 38.1 Å². The molecule has 0 atom stereocenters. The van der Waals surface area contributed by atoms with Gasteiger partial charge in [-0.3, -0.25) is 0 Å². The maximum atomic E-state index is 13.5. The SMILES string of the molecule is CCC1(n2nnnc2-c2cc(N)cc(F)c2)CCC1. The van der Waals surface area contributed by atoms with Crippen molar-refractivity contribution < 1.29 is 4.39 Å². The van der Waals surface area contributed by atoms with Crippen molar-refractivity contribution in [3.05, 3.63) is 24.0 Å². The number of hydrogen-bond acceptors (Lipinski definition) is 4. The van der Waals surface area contributed by atoms with Gasteiger partial charge in [0.05, 0.1) is 5.54 Å². The number of aromatic nitrogens is 4. The Bertz CT molecular complexity index is 577. The van der Waals surface area contributed by atoms with Crippen molar-refractivity contribution >= 4 is 5.69 Å². The maximum Gasteiger partial charge on any atom is 0.182 e. The van der Waals surface area contributed by atoms with Gasteiger partial charge in [-0.05, 0) is 54.3 Å². The predicted octanol–water partition coefficient (Wildman–Crippen LogP) is 2.35. The molecule has 2 aromatic rings. The van der Waals surface area contributed by atoms with E-state index in [-0.39, 0.29) is 11.4 Å². The Balaban J connectivity index is 2.09. The van der Waals surface area contributed by atoms with Crippen LogP contribution in [0.4, 0.5) is 10.1 Å². The molecule has 1 saturated carbocycles. The molecule has 2 N–H and O–H groups in total. The third kappa shape index (κ3) is 1.87. The summed E-state index contributed by atoms with van der Waals surface area (Å²) in [6, 6.07) is 4.41. The number of benzene rings is 1. The van der Waals surface area contributed by atoms with Gasteiger partial charge in [0.15, 0.2) is 5.82 Å². The Morgan fingerprint density at radius 1 is 1.37 bits per heavy atom. The molecule has 1 heterocycles. The minimum absolute atomic E-state index is 0.0140. The molecule has 19 heavy (non-hydrogen) atoms. The lowest BCUT2D eigenvalue weighted by Crippen LogP contribution is -2.41. The molecule has 100 valence electrons. The van der Waals surface area contributed by atoms with Crippen LogP contribution in [-0.2, 0) is 5.54 Å². The number of rotatable bonds is 3. The van der Waals surface area contributed by atoms with Crippen molar-refractivity contribution in [1.29, 1.82) is 0 Å². The summed E-state index contributed by atoms with van der Waals surface area (Å²) in [5.74, 6) is 0.219. The van der Waals surface area contributed by atoms with E-state index in [0.717, 1.165) is 19.3 Å². The highest BCUT2D eigenvalue weighted by molar-refractivity contribution is 5.61. The summed E-state index contributed by atoms with van der Waals surface area (Å²) in [5, 5.41) is 11.9. The van der Waals surface area contributed by atoms with Crippen LogP contribution in [0.3, 0.4) is 0 Å². The first-order valence-corrected chi connectivity index (χ1v) is 6.50. The Morgan fingerprint density at radius 2 is 2.16 bits per heavy atom. The Labute approximate surface area is 110 Å². The molecule has 3 rings (SSSR count). The second kappa shape index (κ2) is 4.29. The van der Waals surface area contributed by atoms with Gasteiger partial charge in [0.1, 0.15) is 5.82 Å². The van der Waals surface area contributed by atoms with E-state index in [4.69, 9.17) is 5.73 Å². The lowest BCUT2D eigenvalue weighted by molar-refractivity contribution is 0.118. The highest BCUT2D eigenvalue weighted by atomic mass is 19.1. The quantitative estimate of drug-likeness (QED) is 0.861. The first-order chi connectivity index (χ1) is 9.14. The highest BCUT2D eigenvalue weighted by Gasteiger charge is 2.40. The zero-order valence-electron chi connectivity index (χ0n) is 10.8. The number of halogens is 1. The Kier molecular flexibility index (Phi) is 2.73. The average Bonchev–Trinajstić information content (AvgIpc) is 2.76. The zero-order valence-corrected chi connectivity index (χ0v) is 10.8. The number of nitrogens with zero attached hydrogens (tertiary/aromatic N) is 4. The number of nitrogen functional groups attached to an aromatic ring is 1. The summed E-state index contributed by atoms with van der Waals surface area (Å²) in [4.78, 5) is 0. The lowest BCUT2D eigenvalue weighted by atomic mass is 9.75. The Hall–Kier alpha value is -1.98. The molecular weight excluding hydrogens is 245 g/mol. The fraction of sp³-hybridized carbons (Fsp3) is 0.462. The molecule has 1 aliphatic rings. The van der Waals surface area contributed by atoms with Crippen LogP contribution in [0.2, 0.25) is 0 Å². The van der Waals surface area contributed by atoms with Gasteiger partial charge in [0.25, 0.3) is 0 Å². The first kappa shape index (κ1) is 12.1. The van der Waals surface area contributed by atoms with Gasteiger partial charge in [-0.1, -0.05) is 6.92 Å². The number of hydrogen-bond donors (Lipinski definition) is 1. The average molecular weight is 261 g/mol. The van der Waals surface area contributed by atoms with Crippen molar-refractivity contribution in [2.75, 3.05) is 5.73 Å². The summed E-state index contributed by atoms with van der Waals surface area (Å²) in [6.07, 6.45) is 4.27. The zero-order chi connectivity index (χ0) is 13.5. The van der Waals surface area contributed by atoms with Crippen LogP contribution in [0.5, 0.6) is 0 Å². The molecule has 1 aromatic heterocycles. The molecule has 0 amide bonds. The van der Waals surface area contributed by atoms with Crippen molar-refractivity contribution in [2.24, 2.45) is 0 Å². The largest absolute Gasteiger partial charge is 0.399 e. The van der Waals surface area contributed by atoms with Crippen LogP contribution in [0.15, 0.2) is 18.2 Å². The van der Waals surface area contributed by atoms with Crippen LogP contribution in [0, 0.1) is 5.82 Å². The van der Waals surface area contributed by atoms with Gasteiger partial charge in [-0.2, -0.15) is 0 Å². The van der Waals surface area contributed by atoms with Crippen molar-refractivity contribution in [1.82, 2.24) is 20.2 Å². The van der Waals surface area contributed by atoms with E-state index in [9.17, 15) is 4.39 Å². The first-order valence-electron chi connectivity index (χ1n) is 6.50. The maximum absolute atomic E-state index is 13.5. The molecule has 0 bridgehead atoms. The molecule has 6 heteroatoms. The minimum atomic E-state index is -0.372. The molecule has 1 aliphatic carbocycles. The summed E-state index contributed by atoms with van der Waals surface area (Å²) >= 11 is 0. The molecule has 1 fully saturated rings. The molecule has 0 saturated heterocycles. The molecular formula is C13H16FN5. The predicted molar refractivity (Wildman–Crippen MR) is 69.7 cm³/mol. The highest BCUT2D eigenvalue weighted by Crippen LogP contribution is 2.43. The van der Waals surface area contributed by atoms with Gasteiger partial charge < -0.3 is 5.73 Å². The molecule has 0 spiro atoms.